The zero-order valence-electron chi connectivity index (χ0n) is 20.5. The van der Waals surface area contributed by atoms with Crippen molar-refractivity contribution in [3.63, 3.8) is 0 Å². The van der Waals surface area contributed by atoms with Crippen LogP contribution in [-0.2, 0) is 9.59 Å². The van der Waals surface area contributed by atoms with E-state index in [2.05, 4.69) is 22.5 Å². The van der Waals surface area contributed by atoms with Crippen LogP contribution in [0.5, 0.6) is 5.75 Å². The van der Waals surface area contributed by atoms with Crippen LogP contribution in [0.4, 0.5) is 0 Å². The molecule has 5 rings (SSSR count). The van der Waals surface area contributed by atoms with Gasteiger partial charge in [-0.25, -0.2) is 0 Å². The van der Waals surface area contributed by atoms with Gasteiger partial charge in [0.1, 0.15) is 5.75 Å². The first kappa shape index (κ1) is 26.5. The minimum Gasteiger partial charge on any atom is -0.484 e. The van der Waals surface area contributed by atoms with Crippen LogP contribution in [0.1, 0.15) is 64.7 Å². The molecule has 2 unspecified atom stereocenters. The summed E-state index contributed by atoms with van der Waals surface area (Å²) in [5.74, 6) is 0.652. The number of likely N-dealkylation sites (tertiary alicyclic amines) is 1. The summed E-state index contributed by atoms with van der Waals surface area (Å²) in [6, 6.07) is 4.77. The van der Waals surface area contributed by atoms with Crippen molar-refractivity contribution in [1.82, 2.24) is 15.5 Å². The van der Waals surface area contributed by atoms with Crippen LogP contribution in [-0.4, -0.2) is 65.2 Å². The van der Waals surface area contributed by atoms with Gasteiger partial charge in [0.25, 0.3) is 5.91 Å². The largest absolute Gasteiger partial charge is 0.484 e. The van der Waals surface area contributed by atoms with E-state index in [1.807, 2.05) is 0 Å². The van der Waals surface area contributed by atoms with E-state index in [9.17, 15) is 14.7 Å². The molecule has 35 heavy (non-hydrogen) atoms. The number of fused-ring (bicyclic) bond motifs is 3. The summed E-state index contributed by atoms with van der Waals surface area (Å²) < 4.78 is 5.60. The Morgan fingerprint density at radius 2 is 1.74 bits per heavy atom. The van der Waals surface area contributed by atoms with E-state index in [1.165, 1.54) is 0 Å². The van der Waals surface area contributed by atoms with Gasteiger partial charge in [0.15, 0.2) is 6.61 Å². The predicted molar refractivity (Wildman–Crippen MR) is 137 cm³/mol. The van der Waals surface area contributed by atoms with E-state index in [0.29, 0.717) is 15.8 Å². The van der Waals surface area contributed by atoms with Gasteiger partial charge in [-0.05, 0) is 88.9 Å². The van der Waals surface area contributed by atoms with Gasteiger partial charge in [-0.2, -0.15) is 0 Å². The summed E-state index contributed by atoms with van der Waals surface area (Å²) in [4.78, 5) is 28.3. The normalized spacial score (nSPS) is 30.6. The first-order valence-corrected chi connectivity index (χ1v) is 13.6. The fourth-order valence-electron chi connectivity index (χ4n) is 6.03. The lowest BCUT2D eigenvalue weighted by molar-refractivity contribution is -0.134. The highest BCUT2D eigenvalue weighted by Crippen LogP contribution is 2.47. The highest BCUT2D eigenvalue weighted by atomic mass is 35.5. The molecule has 9 heteroatoms. The summed E-state index contributed by atoms with van der Waals surface area (Å²) >= 11 is 11.9. The van der Waals surface area contributed by atoms with Crippen LogP contribution >= 0.6 is 23.2 Å². The molecular weight excluding hydrogens is 489 g/mol. The Morgan fingerprint density at radius 1 is 1.09 bits per heavy atom. The second-order valence-corrected chi connectivity index (χ2v) is 11.4. The number of halogens is 2. The Hall–Kier alpha value is -1.54. The smallest absolute Gasteiger partial charge is 0.258 e. The van der Waals surface area contributed by atoms with Crippen LogP contribution < -0.4 is 15.4 Å². The van der Waals surface area contributed by atoms with E-state index in [-0.39, 0.29) is 48.1 Å². The van der Waals surface area contributed by atoms with Crippen LogP contribution in [0, 0.1) is 5.92 Å². The maximum Gasteiger partial charge on any atom is 0.258 e. The van der Waals surface area contributed by atoms with Gasteiger partial charge in [0.2, 0.25) is 5.91 Å². The molecule has 3 saturated carbocycles. The third-order valence-corrected chi connectivity index (χ3v) is 8.93. The fourth-order valence-corrected chi connectivity index (χ4v) is 6.32. The number of carbonyl (C=O) groups is 2. The van der Waals surface area contributed by atoms with E-state index in [0.717, 1.165) is 70.9 Å². The Labute approximate surface area is 217 Å². The zero-order chi connectivity index (χ0) is 25.1. The molecule has 2 amide bonds. The molecule has 1 aromatic rings. The molecule has 3 N–H and O–H groups in total. The molecular formula is C26H37Cl2N3O4. The number of ether oxygens (including phenoxy) is 1. The molecule has 2 bridgehead atoms. The standard InChI is InChI=1S/C26H37Cl2N3O4/c1-2-12-31-13-5-18(16-32)14-22(31)24(34)30-26-9-6-25(7-10-26,8-11-26)29-23(33)17-35-19-3-4-20(27)21(28)15-19/h3-4,15,18,22,32H,2,5-14,16-17H2,1H3,(H,29,33)(H,30,34). The van der Waals surface area contributed by atoms with Gasteiger partial charge in [0, 0.05) is 23.8 Å². The summed E-state index contributed by atoms with van der Waals surface area (Å²) in [5.41, 5.74) is -0.421. The van der Waals surface area contributed by atoms with Crippen LogP contribution in [0.25, 0.3) is 0 Å². The summed E-state index contributed by atoms with van der Waals surface area (Å²) in [7, 11) is 0. The number of nitrogens with zero attached hydrogens (tertiary/aromatic N) is 1. The average Bonchev–Trinajstić information content (AvgIpc) is 2.86. The molecule has 4 aliphatic rings. The Balaban J connectivity index is 1.29. The SMILES string of the molecule is CCCN1CCC(CO)CC1C(=O)NC12CCC(NC(=O)COc3ccc(Cl)c(Cl)c3)(CC1)CC2. The molecule has 1 aliphatic heterocycles. The topological polar surface area (TPSA) is 90.9 Å². The molecule has 1 saturated heterocycles. The maximum atomic E-state index is 13.4. The van der Waals surface area contributed by atoms with Gasteiger partial charge in [0.05, 0.1) is 16.1 Å². The second kappa shape index (κ2) is 11.2. The van der Waals surface area contributed by atoms with Gasteiger partial charge in [-0.3, -0.25) is 14.5 Å². The number of rotatable bonds is 9. The van der Waals surface area contributed by atoms with Crippen molar-refractivity contribution in [3.05, 3.63) is 28.2 Å². The summed E-state index contributed by atoms with van der Waals surface area (Å²) in [6.45, 7) is 3.97. The predicted octanol–water partition coefficient (Wildman–Crippen LogP) is 3.93. The quantitative estimate of drug-likeness (QED) is 0.454. The van der Waals surface area contributed by atoms with Gasteiger partial charge < -0.3 is 20.5 Å². The van der Waals surface area contributed by atoms with E-state index >= 15 is 0 Å². The molecule has 0 spiro atoms. The lowest BCUT2D eigenvalue weighted by atomic mass is 9.61. The lowest BCUT2D eigenvalue weighted by Gasteiger charge is -2.54. The molecule has 3 aliphatic carbocycles. The third kappa shape index (κ3) is 6.24. The number of hydrogen-bond acceptors (Lipinski definition) is 5. The van der Waals surface area contributed by atoms with Crippen LogP contribution in [0.2, 0.25) is 10.0 Å². The number of carbonyl (C=O) groups excluding carboxylic acids is 2. The second-order valence-electron chi connectivity index (χ2n) is 10.6. The minimum atomic E-state index is -0.231. The lowest BCUT2D eigenvalue weighted by Crippen LogP contribution is -2.66. The zero-order valence-corrected chi connectivity index (χ0v) is 22.0. The summed E-state index contributed by atoms with van der Waals surface area (Å²) in [6.07, 6.45) is 7.77. The molecule has 7 nitrogen and oxygen atoms in total. The number of benzene rings is 1. The van der Waals surface area contributed by atoms with Crippen molar-refractivity contribution in [1.29, 1.82) is 0 Å². The van der Waals surface area contributed by atoms with E-state index in [4.69, 9.17) is 27.9 Å². The van der Waals surface area contributed by atoms with Gasteiger partial charge in [-0.1, -0.05) is 30.1 Å². The minimum absolute atomic E-state index is 0.0808. The summed E-state index contributed by atoms with van der Waals surface area (Å²) in [5, 5.41) is 17.1. The molecule has 0 radical (unpaired) electrons. The molecule has 1 aromatic carbocycles. The highest BCUT2D eigenvalue weighted by Gasteiger charge is 2.50. The number of hydrogen-bond donors (Lipinski definition) is 3. The van der Waals surface area contributed by atoms with Crippen LogP contribution in [0.15, 0.2) is 18.2 Å². The molecule has 2 atom stereocenters. The fraction of sp³-hybridized carbons (Fsp3) is 0.692. The van der Waals surface area contributed by atoms with Gasteiger partial charge >= 0.3 is 0 Å². The third-order valence-electron chi connectivity index (χ3n) is 8.19. The van der Waals surface area contributed by atoms with Crippen LogP contribution in [0.3, 0.4) is 0 Å². The Bertz CT molecular complexity index is 903. The number of nitrogens with one attached hydrogen (secondary N) is 2. The number of aliphatic hydroxyl groups is 1. The molecule has 194 valence electrons. The number of amides is 2. The average molecular weight is 527 g/mol. The molecule has 0 aromatic heterocycles. The number of aliphatic hydroxyl groups excluding tert-OH is 1. The van der Waals surface area contributed by atoms with Crippen molar-refractivity contribution in [2.75, 3.05) is 26.3 Å². The maximum absolute atomic E-state index is 13.4. The monoisotopic (exact) mass is 525 g/mol. The van der Waals surface area contributed by atoms with Gasteiger partial charge in [-0.15, -0.1) is 0 Å². The van der Waals surface area contributed by atoms with Crippen molar-refractivity contribution in [2.45, 2.75) is 81.8 Å². The van der Waals surface area contributed by atoms with E-state index < -0.39 is 0 Å². The first-order valence-electron chi connectivity index (χ1n) is 12.8. The first-order chi connectivity index (χ1) is 16.8. The van der Waals surface area contributed by atoms with Crippen molar-refractivity contribution >= 4 is 35.0 Å². The highest BCUT2D eigenvalue weighted by molar-refractivity contribution is 6.42. The number of piperidine rings is 1. The van der Waals surface area contributed by atoms with Crippen molar-refractivity contribution < 1.29 is 19.4 Å². The molecule has 4 fully saturated rings. The molecule has 1 heterocycles. The Kier molecular flexibility index (Phi) is 8.52. The van der Waals surface area contributed by atoms with Crippen molar-refractivity contribution in [3.8, 4) is 5.75 Å². The Morgan fingerprint density at radius 3 is 2.34 bits per heavy atom. The van der Waals surface area contributed by atoms with Crippen molar-refractivity contribution in [2.24, 2.45) is 5.92 Å². The van der Waals surface area contributed by atoms with E-state index in [1.54, 1.807) is 18.2 Å².